The van der Waals surface area contributed by atoms with Gasteiger partial charge in [0.2, 0.25) is 11.6 Å². The summed E-state index contributed by atoms with van der Waals surface area (Å²) >= 11 is 0. The van der Waals surface area contributed by atoms with E-state index in [1.165, 1.54) is 12.5 Å². The fourth-order valence-electron chi connectivity index (χ4n) is 4.45. The standard InChI is InChI=1S/C26H30N2O5/c1-14(2)8-7-9-16(5)11-13-26-23(31)18-19(21(29)17(6)22(30)20(18)28-27)24(32)25(26,33-26)12-10-15(3)4/h8,10-11,29H,7,9,12-13H2,1-6H3. The maximum atomic E-state index is 13.7. The van der Waals surface area contributed by atoms with Crippen molar-refractivity contribution in [3.05, 3.63) is 63.0 Å². The van der Waals surface area contributed by atoms with Gasteiger partial charge < -0.3 is 15.4 Å². The minimum atomic E-state index is -1.51. The smallest absolute Gasteiger partial charge is 0.374 e. The van der Waals surface area contributed by atoms with E-state index in [2.05, 4.69) is 10.9 Å². The van der Waals surface area contributed by atoms with Crippen LogP contribution >= 0.6 is 0 Å². The second-order valence-corrected chi connectivity index (χ2v) is 9.48. The Kier molecular flexibility index (Phi) is 6.42. The largest absolute Gasteiger partial charge is 0.507 e. The van der Waals surface area contributed by atoms with Crippen LogP contribution in [0.3, 0.4) is 0 Å². The van der Waals surface area contributed by atoms with Gasteiger partial charge in [0.25, 0.3) is 5.78 Å². The minimum absolute atomic E-state index is 0.141. The first-order valence-corrected chi connectivity index (χ1v) is 11.1. The molecular formula is C26H30N2O5. The second-order valence-electron chi connectivity index (χ2n) is 9.48. The maximum Gasteiger partial charge on any atom is 0.374 e. The summed E-state index contributed by atoms with van der Waals surface area (Å²) in [5.74, 6) is -2.55. The Hall–Kier alpha value is -3.15. The van der Waals surface area contributed by atoms with Gasteiger partial charge in [-0.3, -0.25) is 14.4 Å². The lowest BCUT2D eigenvalue weighted by molar-refractivity contribution is -0.125. The molecule has 0 aromatic carbocycles. The van der Waals surface area contributed by atoms with Gasteiger partial charge in [-0.1, -0.05) is 34.9 Å². The van der Waals surface area contributed by atoms with Crippen LogP contribution < -0.4 is 0 Å². The van der Waals surface area contributed by atoms with Crippen molar-refractivity contribution in [2.24, 2.45) is 0 Å². The number of ether oxygens (including phenoxy) is 1. The normalized spacial score (nSPS) is 26.7. The summed E-state index contributed by atoms with van der Waals surface area (Å²) in [6.45, 7) is 11.1. The first kappa shape index (κ1) is 24.5. The topological polar surface area (TPSA) is 120 Å². The predicted molar refractivity (Wildman–Crippen MR) is 124 cm³/mol. The van der Waals surface area contributed by atoms with Crippen LogP contribution in [0.4, 0.5) is 0 Å². The minimum Gasteiger partial charge on any atom is -0.507 e. The molecule has 1 N–H and O–H groups in total. The molecule has 0 amide bonds. The van der Waals surface area contributed by atoms with E-state index >= 15 is 0 Å². The highest BCUT2D eigenvalue weighted by atomic mass is 16.6. The molecule has 0 aromatic rings. The van der Waals surface area contributed by atoms with Crippen molar-refractivity contribution in [2.75, 3.05) is 0 Å². The molecule has 33 heavy (non-hydrogen) atoms. The fourth-order valence-corrected chi connectivity index (χ4v) is 4.45. The molecule has 1 aliphatic heterocycles. The summed E-state index contributed by atoms with van der Waals surface area (Å²) in [4.78, 5) is 43.0. The van der Waals surface area contributed by atoms with Crippen LogP contribution in [0, 0.1) is 0 Å². The zero-order valence-corrected chi connectivity index (χ0v) is 20.0. The van der Waals surface area contributed by atoms with Gasteiger partial charge in [0.1, 0.15) is 11.3 Å². The number of rotatable bonds is 7. The molecule has 2 atom stereocenters. The van der Waals surface area contributed by atoms with Gasteiger partial charge in [-0.05, 0) is 54.4 Å². The molecule has 0 saturated carbocycles. The van der Waals surface area contributed by atoms with Crippen molar-refractivity contribution in [2.45, 2.75) is 78.4 Å². The van der Waals surface area contributed by atoms with E-state index in [9.17, 15) is 25.0 Å². The van der Waals surface area contributed by atoms with E-state index in [1.807, 2.05) is 46.8 Å². The van der Waals surface area contributed by atoms with E-state index in [0.29, 0.717) is 0 Å². The molecule has 0 spiro atoms. The number of epoxide rings is 1. The number of hydrogen-bond acceptors (Lipinski definition) is 5. The first-order chi connectivity index (χ1) is 15.4. The third-order valence-corrected chi connectivity index (χ3v) is 6.51. The van der Waals surface area contributed by atoms with Gasteiger partial charge in [0, 0.05) is 18.4 Å². The number of fused-ring (bicyclic) bond motifs is 1. The van der Waals surface area contributed by atoms with Crippen LogP contribution in [0.1, 0.15) is 67.2 Å². The lowest BCUT2D eigenvalue weighted by atomic mass is 9.67. The van der Waals surface area contributed by atoms with Crippen LogP contribution in [-0.2, 0) is 19.1 Å². The summed E-state index contributed by atoms with van der Waals surface area (Å²) in [7, 11) is 0. The van der Waals surface area contributed by atoms with Crippen LogP contribution in [0.2, 0.25) is 0 Å². The fraction of sp³-hybridized carbons (Fsp3) is 0.462. The van der Waals surface area contributed by atoms with Crippen LogP contribution in [-0.4, -0.2) is 44.2 Å². The molecule has 2 aliphatic carbocycles. The van der Waals surface area contributed by atoms with Crippen molar-refractivity contribution in [1.82, 2.24) is 0 Å². The quantitative estimate of drug-likeness (QED) is 0.202. The average molecular weight is 451 g/mol. The number of carbonyl (C=O) groups excluding carboxylic acids is 3. The Morgan fingerprint density at radius 3 is 2.03 bits per heavy atom. The van der Waals surface area contributed by atoms with Gasteiger partial charge in [0.15, 0.2) is 11.2 Å². The lowest BCUT2D eigenvalue weighted by Gasteiger charge is -2.27. The van der Waals surface area contributed by atoms with Crippen LogP contribution in [0.5, 0.6) is 0 Å². The van der Waals surface area contributed by atoms with Crippen molar-refractivity contribution < 1.29 is 29.0 Å². The van der Waals surface area contributed by atoms with Crippen LogP contribution in [0.25, 0.3) is 5.53 Å². The Labute approximate surface area is 193 Å². The predicted octanol–water partition coefficient (Wildman–Crippen LogP) is 4.47. The molecular weight excluding hydrogens is 420 g/mol. The maximum absolute atomic E-state index is 13.7. The SMILES string of the molecule is CC(C)=CCCC(C)=CCC12OC1(CC=C(C)C)C(=O)C1=C(C2=O)C(=[N+]=[N-])C(=O)C(C)=C1O. The first-order valence-electron chi connectivity index (χ1n) is 11.1. The summed E-state index contributed by atoms with van der Waals surface area (Å²) in [6, 6.07) is 0. The summed E-state index contributed by atoms with van der Waals surface area (Å²) in [5, 5.41) is 10.6. The lowest BCUT2D eigenvalue weighted by Crippen LogP contribution is -2.50. The molecule has 0 radical (unpaired) electrons. The van der Waals surface area contributed by atoms with E-state index in [4.69, 9.17) is 4.74 Å². The summed E-state index contributed by atoms with van der Waals surface area (Å²) < 4.78 is 6.00. The highest BCUT2D eigenvalue weighted by molar-refractivity contribution is 6.58. The van der Waals surface area contributed by atoms with E-state index in [1.54, 1.807) is 0 Å². The van der Waals surface area contributed by atoms with E-state index in [0.717, 1.165) is 24.0 Å². The molecule has 3 aliphatic rings. The Bertz CT molecular complexity index is 1160. The highest BCUT2D eigenvalue weighted by Crippen LogP contribution is 2.60. The number of carbonyl (C=O) groups is 3. The Balaban J connectivity index is 2.10. The van der Waals surface area contributed by atoms with Crippen molar-refractivity contribution in [3.63, 3.8) is 0 Å². The Morgan fingerprint density at radius 1 is 0.939 bits per heavy atom. The zero-order valence-electron chi connectivity index (χ0n) is 20.0. The van der Waals surface area contributed by atoms with E-state index < -0.39 is 40.0 Å². The Morgan fingerprint density at radius 2 is 1.48 bits per heavy atom. The molecule has 0 bridgehead atoms. The summed E-state index contributed by atoms with van der Waals surface area (Å²) in [5.41, 5.74) is 8.39. The monoisotopic (exact) mass is 450 g/mol. The number of Topliss-reactive ketones (excluding diaryl/α,β-unsaturated/α-hetero) is 3. The number of hydrogen-bond donors (Lipinski definition) is 1. The number of nitrogens with zero attached hydrogens (tertiary/aromatic N) is 2. The summed E-state index contributed by atoms with van der Waals surface area (Å²) in [6.07, 6.45) is 7.80. The molecule has 1 saturated heterocycles. The molecule has 3 rings (SSSR count). The van der Waals surface area contributed by atoms with Gasteiger partial charge >= 0.3 is 5.71 Å². The molecule has 2 unspecified atom stereocenters. The molecule has 0 aromatic heterocycles. The number of allylic oxidation sites excluding steroid dienone is 6. The zero-order chi connectivity index (χ0) is 24.7. The highest BCUT2D eigenvalue weighted by Gasteiger charge is 2.81. The van der Waals surface area contributed by atoms with Crippen LogP contribution in [0.15, 0.2) is 57.4 Å². The van der Waals surface area contributed by atoms with Crippen molar-refractivity contribution in [3.8, 4) is 0 Å². The van der Waals surface area contributed by atoms with Gasteiger partial charge in [0.05, 0.1) is 5.57 Å². The molecule has 1 heterocycles. The van der Waals surface area contributed by atoms with Gasteiger partial charge in [-0.2, -0.15) is 4.79 Å². The van der Waals surface area contributed by atoms with Crippen molar-refractivity contribution >= 4 is 23.1 Å². The number of aliphatic hydroxyl groups excluding tert-OH is 1. The number of aliphatic hydroxyl groups is 1. The van der Waals surface area contributed by atoms with Crippen molar-refractivity contribution in [1.29, 1.82) is 0 Å². The molecule has 1 fully saturated rings. The van der Waals surface area contributed by atoms with Gasteiger partial charge in [-0.15, -0.1) is 0 Å². The third-order valence-electron chi connectivity index (χ3n) is 6.51. The number of ketones is 3. The average Bonchev–Trinajstić information content (AvgIpc) is 3.44. The van der Waals surface area contributed by atoms with Gasteiger partial charge in [-0.25, -0.2) is 0 Å². The molecule has 7 nitrogen and oxygen atoms in total. The molecule has 7 heteroatoms. The third kappa shape index (κ3) is 3.81. The van der Waals surface area contributed by atoms with E-state index in [-0.39, 0.29) is 29.6 Å². The second kappa shape index (κ2) is 8.65. The molecule has 174 valence electrons.